The molecule has 188 valence electrons. The van der Waals surface area contributed by atoms with Gasteiger partial charge < -0.3 is 10.2 Å². The first kappa shape index (κ1) is 27.1. The second-order valence-corrected chi connectivity index (χ2v) is 12.6. The van der Waals surface area contributed by atoms with Crippen LogP contribution in [0.4, 0.5) is 0 Å². The van der Waals surface area contributed by atoms with Gasteiger partial charge in [0.05, 0.1) is 11.7 Å². The lowest BCUT2D eigenvalue weighted by atomic mass is 9.60. The summed E-state index contributed by atoms with van der Waals surface area (Å²) in [7, 11) is 0. The Hall–Kier alpha value is -0.510. The van der Waals surface area contributed by atoms with E-state index in [0.29, 0.717) is 11.3 Å². The van der Waals surface area contributed by atoms with Crippen LogP contribution in [-0.2, 0) is 0 Å². The lowest BCUT2D eigenvalue weighted by molar-refractivity contribution is 0.0556. The van der Waals surface area contributed by atoms with E-state index in [0.717, 1.165) is 55.3 Å². The number of thiol groups is 1. The van der Waals surface area contributed by atoms with Gasteiger partial charge in [-0.1, -0.05) is 56.9 Å². The van der Waals surface area contributed by atoms with Crippen molar-refractivity contribution in [1.82, 2.24) is 0 Å². The van der Waals surface area contributed by atoms with E-state index >= 15 is 0 Å². The van der Waals surface area contributed by atoms with E-state index in [1.807, 2.05) is 13.8 Å². The number of aliphatic hydroxyl groups excluding tert-OH is 1. The van der Waals surface area contributed by atoms with Gasteiger partial charge in [-0.2, -0.15) is 12.6 Å². The van der Waals surface area contributed by atoms with E-state index in [9.17, 15) is 10.2 Å². The number of fused-ring (bicyclic) bond motifs is 1. The van der Waals surface area contributed by atoms with Crippen LogP contribution in [0.2, 0.25) is 0 Å². The summed E-state index contributed by atoms with van der Waals surface area (Å²) in [6.45, 7) is 10.7. The van der Waals surface area contributed by atoms with Crippen LogP contribution in [0.15, 0.2) is 35.5 Å². The van der Waals surface area contributed by atoms with Crippen molar-refractivity contribution in [2.24, 2.45) is 23.2 Å². The van der Waals surface area contributed by atoms with Crippen LogP contribution in [-0.4, -0.2) is 27.7 Å². The van der Waals surface area contributed by atoms with Gasteiger partial charge in [0.25, 0.3) is 0 Å². The van der Waals surface area contributed by atoms with Crippen molar-refractivity contribution in [3.63, 3.8) is 0 Å². The third-order valence-corrected chi connectivity index (χ3v) is 9.51. The quantitative estimate of drug-likeness (QED) is 0.223. The van der Waals surface area contributed by atoms with Crippen LogP contribution in [0, 0.1) is 23.2 Å². The summed E-state index contributed by atoms with van der Waals surface area (Å²) in [5.41, 5.74) is 3.71. The molecule has 2 N–H and O–H groups in total. The number of rotatable bonds is 10. The van der Waals surface area contributed by atoms with Gasteiger partial charge >= 0.3 is 0 Å². The number of allylic oxidation sites excluding steroid dienone is 3. The van der Waals surface area contributed by atoms with E-state index in [1.54, 1.807) is 5.57 Å². The van der Waals surface area contributed by atoms with Crippen molar-refractivity contribution in [2.45, 2.75) is 122 Å². The molecule has 0 saturated heterocycles. The average molecular weight is 475 g/mol. The highest BCUT2D eigenvalue weighted by Gasteiger charge is 2.51. The summed E-state index contributed by atoms with van der Waals surface area (Å²) >= 11 is 4.46. The summed E-state index contributed by atoms with van der Waals surface area (Å²) in [5.74, 6) is 3.26. The Kier molecular flexibility index (Phi) is 9.81. The lowest BCUT2D eigenvalue weighted by Crippen LogP contribution is -2.36. The Morgan fingerprint density at radius 2 is 1.85 bits per heavy atom. The summed E-state index contributed by atoms with van der Waals surface area (Å²) in [4.78, 5) is 0. The van der Waals surface area contributed by atoms with Gasteiger partial charge in [-0.3, -0.25) is 0 Å². The maximum absolute atomic E-state index is 10.2. The third-order valence-electron chi connectivity index (χ3n) is 9.19. The molecule has 2 nitrogen and oxygen atoms in total. The van der Waals surface area contributed by atoms with Crippen molar-refractivity contribution in [1.29, 1.82) is 0 Å². The first-order chi connectivity index (χ1) is 15.7. The molecule has 3 unspecified atom stereocenters. The Morgan fingerprint density at radius 1 is 1.09 bits per heavy atom. The van der Waals surface area contributed by atoms with Gasteiger partial charge in [-0.05, 0) is 118 Å². The number of hydrogen-bond acceptors (Lipinski definition) is 3. The molecule has 0 amide bonds. The minimum Gasteiger partial charge on any atom is -0.390 e. The smallest absolute Gasteiger partial charge is 0.0787 e. The largest absolute Gasteiger partial charge is 0.390 e. The highest BCUT2D eigenvalue weighted by atomic mass is 32.1. The molecule has 0 radical (unpaired) electrons. The predicted molar refractivity (Wildman–Crippen MR) is 145 cm³/mol. The predicted octanol–water partition coefficient (Wildman–Crippen LogP) is 7.81. The van der Waals surface area contributed by atoms with Crippen LogP contribution < -0.4 is 0 Å². The van der Waals surface area contributed by atoms with Gasteiger partial charge in [0.1, 0.15) is 0 Å². The minimum atomic E-state index is -0.553. The molecule has 5 atom stereocenters. The van der Waals surface area contributed by atoms with Gasteiger partial charge in [-0.15, -0.1) is 0 Å². The monoisotopic (exact) mass is 474 g/mol. The summed E-state index contributed by atoms with van der Waals surface area (Å²) < 4.78 is 0. The van der Waals surface area contributed by atoms with Crippen LogP contribution in [0.5, 0.6) is 0 Å². The third kappa shape index (κ3) is 7.01. The lowest BCUT2D eigenvalue weighted by Gasteiger charge is -2.45. The maximum atomic E-state index is 10.2. The summed E-state index contributed by atoms with van der Waals surface area (Å²) in [5, 5.41) is 20.4. The molecule has 3 saturated carbocycles. The zero-order chi connectivity index (χ0) is 24.1. The highest BCUT2D eigenvalue weighted by Crippen LogP contribution is 2.60. The molecule has 3 aliphatic carbocycles. The standard InChI is InChI=1S/C30H50O2S/c1-22-23(11-7-14-28(22)31)15-16-25-13-9-20-30(4)26(17-18-27(25)30)24(10-5-6-21-33)12-8-19-29(2,3)32/h15-16,24,26-28,31-33H,1,5-14,17-21H2,2-4H3/b23-15-,25-16+/t24?,26?,27?,28-,30+/m0/s1. The second-order valence-electron chi connectivity index (χ2n) is 12.1. The zero-order valence-corrected chi connectivity index (χ0v) is 22.5. The Balaban J connectivity index is 1.74. The summed E-state index contributed by atoms with van der Waals surface area (Å²) in [6.07, 6.45) is 21.0. The summed E-state index contributed by atoms with van der Waals surface area (Å²) in [6, 6.07) is 0. The van der Waals surface area contributed by atoms with Crippen LogP contribution in [0.3, 0.4) is 0 Å². The second kappa shape index (κ2) is 12.0. The van der Waals surface area contributed by atoms with Gasteiger partial charge in [0.2, 0.25) is 0 Å². The van der Waals surface area contributed by atoms with E-state index < -0.39 is 5.60 Å². The molecule has 0 aliphatic heterocycles. The topological polar surface area (TPSA) is 40.5 Å². The first-order valence-electron chi connectivity index (χ1n) is 13.8. The van der Waals surface area contributed by atoms with E-state index in [1.165, 1.54) is 63.4 Å². The molecular weight excluding hydrogens is 424 g/mol. The molecule has 33 heavy (non-hydrogen) atoms. The van der Waals surface area contributed by atoms with Crippen LogP contribution >= 0.6 is 12.6 Å². The Morgan fingerprint density at radius 3 is 2.58 bits per heavy atom. The van der Waals surface area contributed by atoms with Crippen molar-refractivity contribution >= 4 is 12.6 Å². The SMILES string of the molecule is C=C1/C(=C\C=C2/CCC[C@@]3(C)C2CCC3C(CCCCS)CCCC(C)(C)O)CCC[C@@H]1O. The fraction of sp³-hybridized carbons (Fsp3) is 0.800. The van der Waals surface area contributed by atoms with Crippen molar-refractivity contribution < 1.29 is 10.2 Å². The molecule has 0 aromatic rings. The minimum absolute atomic E-state index is 0.349. The molecule has 3 heteroatoms. The van der Waals surface area contributed by atoms with E-state index in [-0.39, 0.29) is 6.10 Å². The molecule has 0 bridgehead atoms. The Bertz CT molecular complexity index is 715. The molecule has 0 aromatic heterocycles. The number of aliphatic hydroxyl groups is 2. The van der Waals surface area contributed by atoms with Crippen LogP contribution in [0.1, 0.15) is 111 Å². The first-order valence-corrected chi connectivity index (χ1v) is 14.4. The molecule has 3 rings (SSSR count). The molecule has 3 fully saturated rings. The molecular formula is C30H50O2S. The van der Waals surface area contributed by atoms with E-state index in [4.69, 9.17) is 0 Å². The average Bonchev–Trinajstić information content (AvgIpc) is 3.10. The Labute approximate surface area is 209 Å². The number of unbranched alkanes of at least 4 members (excludes halogenated alkanes) is 1. The van der Waals surface area contributed by atoms with Gasteiger partial charge in [-0.25, -0.2) is 0 Å². The van der Waals surface area contributed by atoms with Crippen molar-refractivity contribution in [2.75, 3.05) is 5.75 Å². The zero-order valence-electron chi connectivity index (χ0n) is 21.6. The van der Waals surface area contributed by atoms with Crippen molar-refractivity contribution in [3.8, 4) is 0 Å². The fourth-order valence-corrected chi connectivity index (χ4v) is 7.57. The molecule has 0 aromatic carbocycles. The fourth-order valence-electron chi connectivity index (χ4n) is 7.35. The normalized spacial score (nSPS) is 34.1. The molecule has 0 heterocycles. The highest BCUT2D eigenvalue weighted by molar-refractivity contribution is 7.80. The van der Waals surface area contributed by atoms with Gasteiger partial charge in [0, 0.05) is 0 Å². The van der Waals surface area contributed by atoms with Crippen LogP contribution in [0.25, 0.3) is 0 Å². The van der Waals surface area contributed by atoms with Crippen molar-refractivity contribution in [3.05, 3.63) is 35.5 Å². The maximum Gasteiger partial charge on any atom is 0.0787 e. The van der Waals surface area contributed by atoms with E-state index in [2.05, 4.69) is 38.3 Å². The molecule has 3 aliphatic rings. The van der Waals surface area contributed by atoms with Gasteiger partial charge in [0.15, 0.2) is 0 Å². The molecule has 0 spiro atoms. The number of hydrogen-bond donors (Lipinski definition) is 3.